The second kappa shape index (κ2) is 2.83. The van der Waals surface area contributed by atoms with Crippen LogP contribution in [0, 0.1) is 0 Å². The molecule has 1 spiro atoms. The Morgan fingerprint density at radius 2 is 2.00 bits per heavy atom. The predicted octanol–water partition coefficient (Wildman–Crippen LogP) is 2.55. The lowest BCUT2D eigenvalue weighted by Gasteiger charge is -2.52. The van der Waals surface area contributed by atoms with E-state index in [1.165, 1.54) is 32.2 Å². The van der Waals surface area contributed by atoms with Crippen LogP contribution in [-0.4, -0.2) is 18.5 Å². The molecule has 0 unspecified atom stereocenters. The SMILES string of the molecule is CN1CCc2ccccc2C12CCC2. The summed E-state index contributed by atoms with van der Waals surface area (Å²) in [4.78, 5) is 2.57. The lowest BCUT2D eigenvalue weighted by Crippen LogP contribution is -2.52. The van der Waals surface area contributed by atoms with Crippen molar-refractivity contribution in [2.24, 2.45) is 0 Å². The fourth-order valence-electron chi connectivity index (χ4n) is 3.06. The lowest BCUT2D eigenvalue weighted by atomic mass is 9.67. The number of fused-ring (bicyclic) bond motifs is 2. The van der Waals surface area contributed by atoms with Crippen molar-refractivity contribution in [2.75, 3.05) is 13.6 Å². The van der Waals surface area contributed by atoms with Crippen LogP contribution in [-0.2, 0) is 12.0 Å². The molecule has 2 aliphatic rings. The quantitative estimate of drug-likeness (QED) is 0.603. The lowest BCUT2D eigenvalue weighted by molar-refractivity contribution is 0.0249. The average Bonchev–Trinajstić information content (AvgIpc) is 2.15. The Morgan fingerprint density at radius 1 is 1.21 bits per heavy atom. The molecule has 0 saturated heterocycles. The molecule has 0 bridgehead atoms. The zero-order valence-corrected chi connectivity index (χ0v) is 8.79. The Morgan fingerprint density at radius 3 is 2.71 bits per heavy atom. The van der Waals surface area contributed by atoms with Crippen molar-refractivity contribution < 1.29 is 0 Å². The zero-order chi connectivity index (χ0) is 9.60. The van der Waals surface area contributed by atoms with Crippen molar-refractivity contribution in [3.05, 3.63) is 35.4 Å². The van der Waals surface area contributed by atoms with Gasteiger partial charge < -0.3 is 0 Å². The molecule has 1 aromatic rings. The summed E-state index contributed by atoms with van der Waals surface area (Å²) in [6.07, 6.45) is 5.36. The Bertz CT molecular complexity index is 352. The molecule has 14 heavy (non-hydrogen) atoms. The van der Waals surface area contributed by atoms with E-state index in [1.54, 1.807) is 11.1 Å². The Labute approximate surface area is 85.7 Å². The van der Waals surface area contributed by atoms with E-state index in [-0.39, 0.29) is 0 Å². The van der Waals surface area contributed by atoms with E-state index >= 15 is 0 Å². The smallest absolute Gasteiger partial charge is 0.0460 e. The van der Waals surface area contributed by atoms with E-state index in [1.807, 2.05) is 0 Å². The predicted molar refractivity (Wildman–Crippen MR) is 58.3 cm³/mol. The summed E-state index contributed by atoms with van der Waals surface area (Å²) in [7, 11) is 2.29. The third-order valence-corrected chi connectivity index (χ3v) is 4.15. The highest BCUT2D eigenvalue weighted by Gasteiger charge is 2.44. The summed E-state index contributed by atoms with van der Waals surface area (Å²) in [5, 5.41) is 0. The first-order chi connectivity index (χ1) is 6.83. The van der Waals surface area contributed by atoms with Gasteiger partial charge in [0.2, 0.25) is 0 Å². The molecule has 1 heteroatoms. The molecule has 1 aliphatic carbocycles. The highest BCUT2D eigenvalue weighted by molar-refractivity contribution is 5.37. The first kappa shape index (κ1) is 8.49. The largest absolute Gasteiger partial charge is 0.296 e. The van der Waals surface area contributed by atoms with Crippen molar-refractivity contribution >= 4 is 0 Å². The number of rotatable bonds is 0. The molecular formula is C13H17N. The van der Waals surface area contributed by atoms with Gasteiger partial charge in [-0.15, -0.1) is 0 Å². The Balaban J connectivity index is 2.12. The van der Waals surface area contributed by atoms with Crippen LogP contribution < -0.4 is 0 Å². The van der Waals surface area contributed by atoms with Gasteiger partial charge in [-0.05, 0) is 43.9 Å². The first-order valence-electron chi connectivity index (χ1n) is 5.63. The van der Waals surface area contributed by atoms with Gasteiger partial charge in [0.1, 0.15) is 0 Å². The number of benzene rings is 1. The van der Waals surface area contributed by atoms with Gasteiger partial charge >= 0.3 is 0 Å². The summed E-state index contributed by atoms with van der Waals surface area (Å²) < 4.78 is 0. The van der Waals surface area contributed by atoms with Crippen molar-refractivity contribution in [1.82, 2.24) is 4.90 Å². The topological polar surface area (TPSA) is 3.24 Å². The molecule has 0 N–H and O–H groups in total. The van der Waals surface area contributed by atoms with Gasteiger partial charge in [-0.3, -0.25) is 4.90 Å². The van der Waals surface area contributed by atoms with Crippen LogP contribution >= 0.6 is 0 Å². The van der Waals surface area contributed by atoms with Gasteiger partial charge in [0.05, 0.1) is 0 Å². The third kappa shape index (κ3) is 0.936. The van der Waals surface area contributed by atoms with Crippen molar-refractivity contribution in [1.29, 1.82) is 0 Å². The molecule has 1 aromatic carbocycles. The van der Waals surface area contributed by atoms with E-state index in [0.29, 0.717) is 5.54 Å². The summed E-state index contributed by atoms with van der Waals surface area (Å²) in [6, 6.07) is 9.02. The van der Waals surface area contributed by atoms with Gasteiger partial charge in [0, 0.05) is 12.1 Å². The van der Waals surface area contributed by atoms with E-state index in [2.05, 4.69) is 36.2 Å². The van der Waals surface area contributed by atoms with Gasteiger partial charge in [-0.25, -0.2) is 0 Å². The molecular weight excluding hydrogens is 170 g/mol. The van der Waals surface area contributed by atoms with Crippen molar-refractivity contribution in [3.63, 3.8) is 0 Å². The standard InChI is InChI=1S/C13H17N/c1-14-10-7-11-5-2-3-6-12(11)13(14)8-4-9-13/h2-3,5-6H,4,7-10H2,1H3. The summed E-state index contributed by atoms with van der Waals surface area (Å²) in [6.45, 7) is 1.23. The molecule has 0 amide bonds. The maximum absolute atomic E-state index is 2.57. The Kier molecular flexibility index (Phi) is 1.72. The van der Waals surface area contributed by atoms with Crippen LogP contribution in [0.1, 0.15) is 30.4 Å². The molecule has 74 valence electrons. The maximum atomic E-state index is 2.57. The molecule has 0 aromatic heterocycles. The van der Waals surface area contributed by atoms with Crippen LogP contribution in [0.2, 0.25) is 0 Å². The minimum Gasteiger partial charge on any atom is -0.296 e. The van der Waals surface area contributed by atoms with Gasteiger partial charge in [0.25, 0.3) is 0 Å². The minimum atomic E-state index is 0.425. The summed E-state index contributed by atoms with van der Waals surface area (Å²) in [5.74, 6) is 0. The van der Waals surface area contributed by atoms with E-state index in [9.17, 15) is 0 Å². The minimum absolute atomic E-state index is 0.425. The Hall–Kier alpha value is -0.820. The monoisotopic (exact) mass is 187 g/mol. The molecule has 3 rings (SSSR count). The fourth-order valence-corrected chi connectivity index (χ4v) is 3.06. The molecule has 1 heterocycles. The normalized spacial score (nSPS) is 24.4. The van der Waals surface area contributed by atoms with E-state index < -0.39 is 0 Å². The number of likely N-dealkylation sites (N-methyl/N-ethyl adjacent to an activating group) is 1. The molecule has 1 saturated carbocycles. The molecule has 1 nitrogen and oxygen atoms in total. The van der Waals surface area contributed by atoms with Crippen LogP contribution in [0.3, 0.4) is 0 Å². The highest BCUT2D eigenvalue weighted by Crippen LogP contribution is 2.48. The first-order valence-corrected chi connectivity index (χ1v) is 5.63. The van der Waals surface area contributed by atoms with E-state index in [4.69, 9.17) is 0 Å². The second-order valence-electron chi connectivity index (χ2n) is 4.71. The van der Waals surface area contributed by atoms with Gasteiger partial charge in [-0.2, -0.15) is 0 Å². The maximum Gasteiger partial charge on any atom is 0.0460 e. The number of nitrogens with zero attached hydrogens (tertiary/aromatic N) is 1. The zero-order valence-electron chi connectivity index (χ0n) is 8.79. The molecule has 1 fully saturated rings. The van der Waals surface area contributed by atoms with E-state index in [0.717, 1.165) is 0 Å². The van der Waals surface area contributed by atoms with Crippen LogP contribution in [0.15, 0.2) is 24.3 Å². The second-order valence-corrected chi connectivity index (χ2v) is 4.71. The van der Waals surface area contributed by atoms with Gasteiger partial charge in [-0.1, -0.05) is 24.3 Å². The summed E-state index contributed by atoms with van der Waals surface area (Å²) in [5.41, 5.74) is 3.62. The molecule has 1 aliphatic heterocycles. The van der Waals surface area contributed by atoms with Crippen LogP contribution in [0.4, 0.5) is 0 Å². The molecule has 0 atom stereocenters. The van der Waals surface area contributed by atoms with Crippen LogP contribution in [0.25, 0.3) is 0 Å². The van der Waals surface area contributed by atoms with Crippen molar-refractivity contribution in [2.45, 2.75) is 31.2 Å². The molecule has 0 radical (unpaired) electrons. The number of hydrogen-bond acceptors (Lipinski definition) is 1. The third-order valence-electron chi connectivity index (χ3n) is 4.15. The fraction of sp³-hybridized carbons (Fsp3) is 0.538. The summed E-state index contributed by atoms with van der Waals surface area (Å²) >= 11 is 0. The number of hydrogen-bond donors (Lipinski definition) is 0. The van der Waals surface area contributed by atoms with Gasteiger partial charge in [0.15, 0.2) is 0 Å². The highest BCUT2D eigenvalue weighted by atomic mass is 15.2. The average molecular weight is 187 g/mol. The van der Waals surface area contributed by atoms with Crippen molar-refractivity contribution in [3.8, 4) is 0 Å². The van der Waals surface area contributed by atoms with Crippen LogP contribution in [0.5, 0.6) is 0 Å².